The van der Waals surface area contributed by atoms with Gasteiger partial charge in [-0.3, -0.25) is 4.79 Å². The summed E-state index contributed by atoms with van der Waals surface area (Å²) < 4.78 is 15.8. The van der Waals surface area contributed by atoms with Gasteiger partial charge in [0, 0.05) is 17.7 Å². The Morgan fingerprint density at radius 1 is 1.23 bits per heavy atom. The van der Waals surface area contributed by atoms with Crippen LogP contribution in [-0.2, 0) is 11.2 Å². The number of hydrogen-bond acceptors (Lipinski definition) is 5. The Kier molecular flexibility index (Phi) is 5.04. The molecule has 0 unspecified atom stereocenters. The van der Waals surface area contributed by atoms with Gasteiger partial charge in [0.15, 0.2) is 17.3 Å². The number of nitrogens with one attached hydrogen (secondary N) is 1. The second-order valence-electron chi connectivity index (χ2n) is 5.15. The lowest BCUT2D eigenvalue weighted by molar-refractivity contribution is -0.121. The van der Waals surface area contributed by atoms with E-state index < -0.39 is 0 Å². The minimum absolute atomic E-state index is 0.0813. The molecular formula is C16H20N2O4. The first-order valence-electron chi connectivity index (χ1n) is 7.01. The molecule has 1 aromatic heterocycles. The zero-order valence-electron chi connectivity index (χ0n) is 13.2. The molecule has 6 heteroatoms. The lowest BCUT2D eigenvalue weighted by Gasteiger charge is -2.07. The third-order valence-electron chi connectivity index (χ3n) is 3.02. The summed E-state index contributed by atoms with van der Waals surface area (Å²) in [5.74, 6) is 1.74. The van der Waals surface area contributed by atoms with E-state index in [1.165, 1.54) is 0 Å². The van der Waals surface area contributed by atoms with Crippen molar-refractivity contribution in [2.75, 3.05) is 14.2 Å². The molecule has 1 N–H and O–H groups in total. The number of nitrogens with zero attached hydrogens (tertiary/aromatic N) is 1. The molecule has 2 aromatic rings. The van der Waals surface area contributed by atoms with Crippen LogP contribution in [0.1, 0.15) is 19.5 Å². The highest BCUT2D eigenvalue weighted by Crippen LogP contribution is 2.32. The molecule has 0 bridgehead atoms. The van der Waals surface area contributed by atoms with Crippen LogP contribution >= 0.6 is 0 Å². The molecule has 0 radical (unpaired) electrons. The van der Waals surface area contributed by atoms with Crippen molar-refractivity contribution in [3.8, 4) is 22.8 Å². The van der Waals surface area contributed by atoms with Crippen LogP contribution < -0.4 is 14.8 Å². The summed E-state index contributed by atoms with van der Waals surface area (Å²) in [7, 11) is 3.15. The number of rotatable bonds is 6. The van der Waals surface area contributed by atoms with E-state index in [9.17, 15) is 4.79 Å². The van der Waals surface area contributed by atoms with Crippen molar-refractivity contribution in [2.24, 2.45) is 0 Å². The van der Waals surface area contributed by atoms with Crippen LogP contribution in [0.5, 0.6) is 11.5 Å². The highest BCUT2D eigenvalue weighted by atomic mass is 16.5. The molecule has 0 aliphatic heterocycles. The van der Waals surface area contributed by atoms with Gasteiger partial charge in [-0.05, 0) is 32.0 Å². The number of carbonyl (C=O) groups excluding carboxylic acids is 1. The first-order chi connectivity index (χ1) is 10.5. The van der Waals surface area contributed by atoms with Gasteiger partial charge in [0.1, 0.15) is 0 Å². The number of carbonyl (C=O) groups is 1. The summed E-state index contributed by atoms with van der Waals surface area (Å²) in [6, 6.07) is 7.30. The van der Waals surface area contributed by atoms with Crippen molar-refractivity contribution in [3.05, 3.63) is 30.0 Å². The van der Waals surface area contributed by atoms with Crippen LogP contribution in [0.4, 0.5) is 0 Å². The van der Waals surface area contributed by atoms with Crippen LogP contribution in [0.2, 0.25) is 0 Å². The minimum Gasteiger partial charge on any atom is -0.493 e. The topological polar surface area (TPSA) is 73.6 Å². The van der Waals surface area contributed by atoms with Gasteiger partial charge in [0.2, 0.25) is 5.91 Å². The van der Waals surface area contributed by atoms with Crippen LogP contribution in [0, 0.1) is 0 Å². The minimum atomic E-state index is -0.0813. The van der Waals surface area contributed by atoms with Crippen LogP contribution in [-0.4, -0.2) is 31.3 Å². The summed E-state index contributed by atoms with van der Waals surface area (Å²) in [4.78, 5) is 11.7. The van der Waals surface area contributed by atoms with E-state index in [1.54, 1.807) is 32.4 Å². The maximum atomic E-state index is 11.7. The maximum absolute atomic E-state index is 11.7. The van der Waals surface area contributed by atoms with Crippen molar-refractivity contribution in [2.45, 2.75) is 26.3 Å². The van der Waals surface area contributed by atoms with E-state index in [-0.39, 0.29) is 18.4 Å². The van der Waals surface area contributed by atoms with Gasteiger partial charge in [-0.1, -0.05) is 5.16 Å². The number of hydrogen-bond donors (Lipinski definition) is 1. The van der Waals surface area contributed by atoms with Gasteiger partial charge in [-0.15, -0.1) is 0 Å². The molecule has 0 aliphatic carbocycles. The van der Waals surface area contributed by atoms with Gasteiger partial charge in [-0.25, -0.2) is 0 Å². The SMILES string of the molecule is COc1ccc(-c2cc(CC(=O)NC(C)C)no2)cc1OC. The summed E-state index contributed by atoms with van der Waals surface area (Å²) in [5.41, 5.74) is 1.39. The average molecular weight is 304 g/mol. The molecule has 22 heavy (non-hydrogen) atoms. The summed E-state index contributed by atoms with van der Waals surface area (Å²) in [6.45, 7) is 3.82. The van der Waals surface area contributed by atoms with E-state index in [0.29, 0.717) is 23.0 Å². The number of methoxy groups -OCH3 is 2. The molecule has 0 fully saturated rings. The molecule has 1 amide bonds. The Bertz CT molecular complexity index is 649. The molecule has 1 heterocycles. The maximum Gasteiger partial charge on any atom is 0.226 e. The van der Waals surface area contributed by atoms with Gasteiger partial charge >= 0.3 is 0 Å². The molecule has 0 aliphatic rings. The zero-order chi connectivity index (χ0) is 16.1. The molecule has 1 aromatic carbocycles. The standard InChI is InChI=1S/C16H20N2O4/c1-10(2)17-16(19)9-12-8-14(22-18-12)11-5-6-13(20-3)15(7-11)21-4/h5-8,10H,9H2,1-4H3,(H,17,19). The highest BCUT2D eigenvalue weighted by molar-refractivity contribution is 5.78. The molecule has 6 nitrogen and oxygen atoms in total. The monoisotopic (exact) mass is 304 g/mol. The van der Waals surface area contributed by atoms with Crippen molar-refractivity contribution in [3.63, 3.8) is 0 Å². The summed E-state index contributed by atoms with van der Waals surface area (Å²) in [6.07, 6.45) is 0.189. The Balaban J connectivity index is 2.16. The van der Waals surface area contributed by atoms with Gasteiger partial charge in [0.05, 0.1) is 26.3 Å². The van der Waals surface area contributed by atoms with Crippen LogP contribution in [0.25, 0.3) is 11.3 Å². The second kappa shape index (κ2) is 6.98. The molecule has 0 spiro atoms. The van der Waals surface area contributed by atoms with E-state index in [0.717, 1.165) is 5.56 Å². The van der Waals surface area contributed by atoms with Gasteiger partial charge in [-0.2, -0.15) is 0 Å². The second-order valence-corrected chi connectivity index (χ2v) is 5.15. The molecular weight excluding hydrogens is 284 g/mol. The Labute approximate surface area is 129 Å². The smallest absolute Gasteiger partial charge is 0.226 e. The molecule has 118 valence electrons. The fraction of sp³-hybridized carbons (Fsp3) is 0.375. The van der Waals surface area contributed by atoms with E-state index in [2.05, 4.69) is 10.5 Å². The number of aromatic nitrogens is 1. The predicted octanol–water partition coefficient (Wildman–Crippen LogP) is 2.43. The van der Waals surface area contributed by atoms with Crippen molar-refractivity contribution < 1.29 is 18.8 Å². The molecule has 2 rings (SSSR count). The number of ether oxygens (including phenoxy) is 2. The average Bonchev–Trinajstić information content (AvgIpc) is 2.93. The molecule has 0 saturated heterocycles. The number of benzene rings is 1. The Hall–Kier alpha value is -2.50. The van der Waals surface area contributed by atoms with Gasteiger partial charge in [0.25, 0.3) is 0 Å². The predicted molar refractivity (Wildman–Crippen MR) is 82.0 cm³/mol. The molecule has 0 saturated carbocycles. The third kappa shape index (κ3) is 3.78. The third-order valence-corrected chi connectivity index (χ3v) is 3.02. The Morgan fingerprint density at radius 2 is 1.95 bits per heavy atom. The van der Waals surface area contributed by atoms with Crippen molar-refractivity contribution >= 4 is 5.91 Å². The Morgan fingerprint density at radius 3 is 2.59 bits per heavy atom. The lowest BCUT2D eigenvalue weighted by Crippen LogP contribution is -2.31. The van der Waals surface area contributed by atoms with Crippen molar-refractivity contribution in [1.82, 2.24) is 10.5 Å². The first kappa shape index (κ1) is 15.9. The largest absolute Gasteiger partial charge is 0.493 e. The number of amides is 1. The quantitative estimate of drug-likeness (QED) is 0.887. The van der Waals surface area contributed by atoms with E-state index >= 15 is 0 Å². The van der Waals surface area contributed by atoms with Gasteiger partial charge < -0.3 is 19.3 Å². The fourth-order valence-corrected chi connectivity index (χ4v) is 2.06. The summed E-state index contributed by atoms with van der Waals surface area (Å²) in [5, 5.41) is 6.75. The van der Waals surface area contributed by atoms with Crippen LogP contribution in [0.3, 0.4) is 0 Å². The first-order valence-corrected chi connectivity index (χ1v) is 7.01. The highest BCUT2D eigenvalue weighted by Gasteiger charge is 2.13. The molecule has 0 atom stereocenters. The summed E-state index contributed by atoms with van der Waals surface area (Å²) >= 11 is 0. The van der Waals surface area contributed by atoms with E-state index in [4.69, 9.17) is 14.0 Å². The normalized spacial score (nSPS) is 10.6. The lowest BCUT2D eigenvalue weighted by atomic mass is 10.1. The zero-order valence-corrected chi connectivity index (χ0v) is 13.2. The fourth-order valence-electron chi connectivity index (χ4n) is 2.06. The van der Waals surface area contributed by atoms with E-state index in [1.807, 2.05) is 19.9 Å². The van der Waals surface area contributed by atoms with Crippen molar-refractivity contribution in [1.29, 1.82) is 0 Å². The van der Waals surface area contributed by atoms with Crippen LogP contribution in [0.15, 0.2) is 28.8 Å².